The normalized spacial score (nSPS) is 12.5. The first-order chi connectivity index (χ1) is 7.16. The molecule has 4 nitrogen and oxygen atoms in total. The van der Waals surface area contributed by atoms with Gasteiger partial charge in [-0.3, -0.25) is 4.79 Å². The predicted octanol–water partition coefficient (Wildman–Crippen LogP) is 1.05. The fourth-order valence-corrected chi connectivity index (χ4v) is 1.27. The third kappa shape index (κ3) is 11.3. The first kappa shape index (κ1) is 14.4. The van der Waals surface area contributed by atoms with Crippen LogP contribution in [0.2, 0.25) is 0 Å². The minimum atomic E-state index is 0.132. The number of rotatable bonds is 9. The summed E-state index contributed by atoms with van der Waals surface area (Å²) in [6.45, 7) is 3.48. The van der Waals surface area contributed by atoms with Gasteiger partial charge in [0, 0.05) is 32.7 Å². The Bertz CT molecular complexity index is 161. The molecule has 0 radical (unpaired) electrons. The Morgan fingerprint density at radius 3 is 2.73 bits per heavy atom. The third-order valence-corrected chi connectivity index (χ3v) is 2.16. The average Bonchev–Trinajstić information content (AvgIpc) is 2.17. The number of methoxy groups -OCH3 is 1. The van der Waals surface area contributed by atoms with Crippen LogP contribution in [0.15, 0.2) is 0 Å². The number of ether oxygens (including phenoxy) is 1. The Kier molecular flexibility index (Phi) is 9.52. The lowest BCUT2D eigenvalue weighted by atomic mass is 10.1. The van der Waals surface area contributed by atoms with E-state index in [2.05, 4.69) is 5.32 Å². The molecule has 1 amide bonds. The van der Waals surface area contributed by atoms with Crippen molar-refractivity contribution in [2.45, 2.75) is 45.1 Å². The van der Waals surface area contributed by atoms with Crippen molar-refractivity contribution in [1.29, 1.82) is 0 Å². The number of carbonyl (C=O) groups is 1. The lowest BCUT2D eigenvalue weighted by Crippen LogP contribution is -2.25. The second-order valence-corrected chi connectivity index (χ2v) is 3.92. The summed E-state index contributed by atoms with van der Waals surface area (Å²) in [5.74, 6) is 0.132. The monoisotopic (exact) mass is 216 g/mol. The smallest absolute Gasteiger partial charge is 0.219 e. The van der Waals surface area contributed by atoms with Crippen LogP contribution in [0, 0.1) is 0 Å². The van der Waals surface area contributed by atoms with Crippen molar-refractivity contribution < 1.29 is 9.53 Å². The topological polar surface area (TPSA) is 64.3 Å². The van der Waals surface area contributed by atoms with E-state index in [1.165, 1.54) is 0 Å². The first-order valence-electron chi connectivity index (χ1n) is 5.68. The maximum atomic E-state index is 11.3. The van der Waals surface area contributed by atoms with Gasteiger partial charge in [-0.15, -0.1) is 0 Å². The van der Waals surface area contributed by atoms with Crippen molar-refractivity contribution in [1.82, 2.24) is 5.32 Å². The molecule has 0 aromatic heterocycles. The molecule has 0 aliphatic carbocycles. The van der Waals surface area contributed by atoms with Crippen molar-refractivity contribution >= 4 is 5.91 Å². The van der Waals surface area contributed by atoms with Crippen molar-refractivity contribution in [2.24, 2.45) is 5.73 Å². The number of amides is 1. The largest absolute Gasteiger partial charge is 0.385 e. The van der Waals surface area contributed by atoms with Crippen LogP contribution < -0.4 is 11.1 Å². The average molecular weight is 216 g/mol. The van der Waals surface area contributed by atoms with Crippen molar-refractivity contribution in [3.63, 3.8) is 0 Å². The number of nitrogens with one attached hydrogen (secondary N) is 1. The van der Waals surface area contributed by atoms with E-state index < -0.39 is 0 Å². The molecule has 0 saturated heterocycles. The van der Waals surface area contributed by atoms with E-state index in [1.54, 1.807) is 7.11 Å². The molecule has 0 aliphatic heterocycles. The molecule has 0 aromatic rings. The van der Waals surface area contributed by atoms with E-state index in [9.17, 15) is 4.79 Å². The lowest BCUT2D eigenvalue weighted by molar-refractivity contribution is -0.121. The summed E-state index contributed by atoms with van der Waals surface area (Å²) in [4.78, 5) is 11.3. The number of unbranched alkanes of at least 4 members (excludes halogenated alkanes) is 1. The number of carbonyl (C=O) groups excluding carboxylic acids is 1. The SMILES string of the molecule is COCCCCNC(=O)CCCC(C)N. The minimum absolute atomic E-state index is 0.132. The van der Waals surface area contributed by atoms with E-state index in [1.807, 2.05) is 6.92 Å². The van der Waals surface area contributed by atoms with Gasteiger partial charge in [0.1, 0.15) is 0 Å². The Morgan fingerprint density at radius 2 is 2.13 bits per heavy atom. The van der Waals surface area contributed by atoms with Gasteiger partial charge in [-0.05, 0) is 32.6 Å². The van der Waals surface area contributed by atoms with Gasteiger partial charge in [0.2, 0.25) is 5.91 Å². The standard InChI is InChI=1S/C11H24N2O2/c1-10(12)6-5-7-11(14)13-8-3-4-9-15-2/h10H,3-9,12H2,1-2H3,(H,13,14). The zero-order valence-electron chi connectivity index (χ0n) is 9.92. The molecule has 0 fully saturated rings. The highest BCUT2D eigenvalue weighted by Crippen LogP contribution is 1.98. The van der Waals surface area contributed by atoms with Crippen LogP contribution in [-0.2, 0) is 9.53 Å². The van der Waals surface area contributed by atoms with Gasteiger partial charge in [-0.25, -0.2) is 0 Å². The first-order valence-corrected chi connectivity index (χ1v) is 5.68. The number of nitrogens with two attached hydrogens (primary N) is 1. The fourth-order valence-electron chi connectivity index (χ4n) is 1.27. The zero-order valence-corrected chi connectivity index (χ0v) is 9.92. The van der Waals surface area contributed by atoms with Crippen molar-refractivity contribution in [3.8, 4) is 0 Å². The molecule has 0 bridgehead atoms. The summed E-state index contributed by atoms with van der Waals surface area (Å²) in [6.07, 6.45) is 4.36. The van der Waals surface area contributed by atoms with Crippen molar-refractivity contribution in [3.05, 3.63) is 0 Å². The van der Waals surface area contributed by atoms with Gasteiger partial charge >= 0.3 is 0 Å². The van der Waals surface area contributed by atoms with Crippen LogP contribution in [0.3, 0.4) is 0 Å². The quantitative estimate of drug-likeness (QED) is 0.566. The van der Waals surface area contributed by atoms with Gasteiger partial charge < -0.3 is 15.8 Å². The molecule has 0 spiro atoms. The molecule has 15 heavy (non-hydrogen) atoms. The summed E-state index contributed by atoms with van der Waals surface area (Å²) >= 11 is 0. The number of hydrogen-bond donors (Lipinski definition) is 2. The highest BCUT2D eigenvalue weighted by molar-refractivity contribution is 5.75. The van der Waals surface area contributed by atoms with Gasteiger partial charge in [0.05, 0.1) is 0 Å². The Labute approximate surface area is 92.6 Å². The highest BCUT2D eigenvalue weighted by atomic mass is 16.5. The molecule has 1 unspecified atom stereocenters. The maximum Gasteiger partial charge on any atom is 0.219 e. The van der Waals surface area contributed by atoms with Crippen LogP contribution in [0.4, 0.5) is 0 Å². The minimum Gasteiger partial charge on any atom is -0.385 e. The number of hydrogen-bond acceptors (Lipinski definition) is 3. The molecule has 0 aliphatic rings. The van der Waals surface area contributed by atoms with E-state index in [0.717, 1.165) is 38.8 Å². The summed E-state index contributed by atoms with van der Waals surface area (Å²) in [6, 6.07) is 0.194. The van der Waals surface area contributed by atoms with E-state index in [-0.39, 0.29) is 11.9 Å². The summed E-state index contributed by atoms with van der Waals surface area (Å²) < 4.78 is 4.91. The van der Waals surface area contributed by atoms with Crippen LogP contribution in [-0.4, -0.2) is 32.2 Å². The Morgan fingerprint density at radius 1 is 1.40 bits per heavy atom. The van der Waals surface area contributed by atoms with Crippen LogP contribution in [0.5, 0.6) is 0 Å². The molecule has 0 heterocycles. The van der Waals surface area contributed by atoms with Crippen LogP contribution >= 0.6 is 0 Å². The highest BCUT2D eigenvalue weighted by Gasteiger charge is 2.01. The second kappa shape index (κ2) is 9.93. The summed E-state index contributed by atoms with van der Waals surface area (Å²) in [5, 5.41) is 2.88. The maximum absolute atomic E-state index is 11.3. The molecule has 4 heteroatoms. The van der Waals surface area contributed by atoms with E-state index >= 15 is 0 Å². The molecule has 0 aromatic carbocycles. The zero-order chi connectivity index (χ0) is 11.5. The summed E-state index contributed by atoms with van der Waals surface area (Å²) in [5.41, 5.74) is 5.59. The van der Waals surface area contributed by atoms with Gasteiger partial charge in [0.25, 0.3) is 0 Å². The molecule has 90 valence electrons. The molecular formula is C11H24N2O2. The Balaban J connectivity index is 3.19. The second-order valence-electron chi connectivity index (χ2n) is 3.92. The molecule has 1 atom stereocenters. The van der Waals surface area contributed by atoms with Crippen LogP contribution in [0.1, 0.15) is 39.0 Å². The molecule has 0 saturated carbocycles. The fraction of sp³-hybridized carbons (Fsp3) is 0.909. The Hall–Kier alpha value is -0.610. The molecular weight excluding hydrogens is 192 g/mol. The van der Waals surface area contributed by atoms with Gasteiger partial charge in [0.15, 0.2) is 0 Å². The van der Waals surface area contributed by atoms with E-state index in [4.69, 9.17) is 10.5 Å². The van der Waals surface area contributed by atoms with Gasteiger partial charge in [-0.1, -0.05) is 0 Å². The molecule has 3 N–H and O–H groups in total. The third-order valence-electron chi connectivity index (χ3n) is 2.16. The lowest BCUT2D eigenvalue weighted by Gasteiger charge is -2.06. The van der Waals surface area contributed by atoms with Gasteiger partial charge in [-0.2, -0.15) is 0 Å². The van der Waals surface area contributed by atoms with Crippen molar-refractivity contribution in [2.75, 3.05) is 20.3 Å². The summed E-state index contributed by atoms with van der Waals surface area (Å²) in [7, 11) is 1.69. The van der Waals surface area contributed by atoms with E-state index in [0.29, 0.717) is 6.42 Å². The predicted molar refractivity (Wildman–Crippen MR) is 61.6 cm³/mol. The van der Waals surface area contributed by atoms with Crippen LogP contribution in [0.25, 0.3) is 0 Å². The molecule has 0 rings (SSSR count).